The molecule has 40 heavy (non-hydrogen) atoms. The van der Waals surface area contributed by atoms with Crippen LogP contribution in [0.1, 0.15) is 71.3 Å². The topological polar surface area (TPSA) is 96.9 Å². The molecule has 212 valence electrons. The lowest BCUT2D eigenvalue weighted by molar-refractivity contribution is -0.139. The second-order valence-electron chi connectivity index (χ2n) is 10.4. The van der Waals surface area contributed by atoms with Crippen LogP contribution in [0.25, 0.3) is 11.1 Å². The van der Waals surface area contributed by atoms with Gasteiger partial charge in [0.1, 0.15) is 11.8 Å². The van der Waals surface area contributed by atoms with Gasteiger partial charge in [-0.15, -0.1) is 0 Å². The number of fused-ring (bicyclic) bond motifs is 1. The number of amides is 1. The van der Waals surface area contributed by atoms with E-state index >= 15 is 0 Å². The minimum absolute atomic E-state index is 0.0668. The van der Waals surface area contributed by atoms with Crippen LogP contribution in [0.4, 0.5) is 0 Å². The summed E-state index contributed by atoms with van der Waals surface area (Å²) in [6, 6.07) is 19.0. The van der Waals surface area contributed by atoms with Crippen LogP contribution in [0.5, 0.6) is 5.75 Å². The second-order valence-corrected chi connectivity index (χ2v) is 10.4. The van der Waals surface area contributed by atoms with E-state index in [1.54, 1.807) is 13.1 Å². The highest BCUT2D eigenvalue weighted by atomic mass is 16.5. The first-order chi connectivity index (χ1) is 19.4. The third kappa shape index (κ3) is 7.29. The number of aryl methyl sites for hydroxylation is 1. The standard InChI is InChI=1S/C33H40N2O5/c1-4-5-10-30(25-13-12-24-16-18-39-31(24)20-25)40-21-23-11-14-27(28(19-23)26-9-7-6-8-22(26)2)32(36)35-29(33(37)38)15-17-34-3/h6-9,11-14,19-20,29-30,34H,4-5,10,15-18,21H2,1-3H3,(H,35,36)(H,37,38). The van der Waals surface area contributed by atoms with Gasteiger partial charge in [-0.1, -0.05) is 62.2 Å². The molecule has 1 aliphatic rings. The Kier molecular flexibility index (Phi) is 10.3. The fourth-order valence-electron chi connectivity index (χ4n) is 5.07. The molecule has 4 rings (SSSR count). The van der Waals surface area contributed by atoms with Gasteiger partial charge in [-0.3, -0.25) is 4.79 Å². The molecule has 0 fully saturated rings. The molecular weight excluding hydrogens is 504 g/mol. The third-order valence-electron chi connectivity index (χ3n) is 7.41. The minimum atomic E-state index is -1.05. The van der Waals surface area contributed by atoms with E-state index in [-0.39, 0.29) is 12.5 Å². The molecule has 0 spiro atoms. The Morgan fingerprint density at radius 1 is 1.05 bits per heavy atom. The molecule has 0 aliphatic carbocycles. The Labute approximate surface area is 236 Å². The van der Waals surface area contributed by atoms with Crippen molar-refractivity contribution in [3.05, 3.63) is 88.5 Å². The van der Waals surface area contributed by atoms with Gasteiger partial charge in [-0.2, -0.15) is 0 Å². The fourth-order valence-corrected chi connectivity index (χ4v) is 5.07. The second kappa shape index (κ2) is 14.1. The fraction of sp³-hybridized carbons (Fsp3) is 0.394. The maximum absolute atomic E-state index is 13.4. The van der Waals surface area contributed by atoms with Crippen molar-refractivity contribution < 1.29 is 24.2 Å². The predicted molar refractivity (Wildman–Crippen MR) is 157 cm³/mol. The highest BCUT2D eigenvalue weighted by Crippen LogP contribution is 2.33. The molecule has 0 saturated heterocycles. The Bertz CT molecular complexity index is 1320. The van der Waals surface area contributed by atoms with Gasteiger partial charge in [0, 0.05) is 12.0 Å². The van der Waals surface area contributed by atoms with Gasteiger partial charge in [0.05, 0.1) is 19.3 Å². The zero-order valence-electron chi connectivity index (χ0n) is 23.7. The molecule has 1 heterocycles. The summed E-state index contributed by atoms with van der Waals surface area (Å²) in [5, 5.41) is 15.3. The number of nitrogens with one attached hydrogen (secondary N) is 2. The van der Waals surface area contributed by atoms with Crippen molar-refractivity contribution in [1.82, 2.24) is 10.6 Å². The number of ether oxygens (including phenoxy) is 2. The SMILES string of the molecule is CCCCC(OCc1ccc(C(=O)NC(CCNC)C(=O)O)c(-c2ccccc2C)c1)c1ccc2c(c1)OCC2. The van der Waals surface area contributed by atoms with Gasteiger partial charge in [0.2, 0.25) is 0 Å². The zero-order valence-corrected chi connectivity index (χ0v) is 23.7. The van der Waals surface area contributed by atoms with E-state index in [2.05, 4.69) is 35.8 Å². The average molecular weight is 545 g/mol. The molecule has 0 aromatic heterocycles. The molecule has 1 aliphatic heterocycles. The van der Waals surface area contributed by atoms with E-state index in [1.807, 2.05) is 43.3 Å². The molecule has 7 nitrogen and oxygen atoms in total. The molecule has 2 unspecified atom stereocenters. The maximum Gasteiger partial charge on any atom is 0.326 e. The molecule has 0 radical (unpaired) electrons. The average Bonchev–Trinajstić information content (AvgIpc) is 3.43. The van der Waals surface area contributed by atoms with E-state index in [9.17, 15) is 14.7 Å². The summed E-state index contributed by atoms with van der Waals surface area (Å²) in [6.07, 6.45) is 4.20. The Morgan fingerprint density at radius 2 is 1.88 bits per heavy atom. The summed E-state index contributed by atoms with van der Waals surface area (Å²) in [4.78, 5) is 25.1. The van der Waals surface area contributed by atoms with Crippen molar-refractivity contribution in [2.45, 2.75) is 64.7 Å². The summed E-state index contributed by atoms with van der Waals surface area (Å²) < 4.78 is 12.3. The van der Waals surface area contributed by atoms with E-state index in [4.69, 9.17) is 9.47 Å². The smallest absolute Gasteiger partial charge is 0.326 e. The van der Waals surface area contributed by atoms with Gasteiger partial charge in [-0.05, 0) is 84.9 Å². The number of hydrogen-bond donors (Lipinski definition) is 3. The largest absolute Gasteiger partial charge is 0.493 e. The van der Waals surface area contributed by atoms with Gasteiger partial charge >= 0.3 is 5.97 Å². The van der Waals surface area contributed by atoms with E-state index in [1.165, 1.54) is 5.56 Å². The highest BCUT2D eigenvalue weighted by Gasteiger charge is 2.23. The first kappa shape index (κ1) is 29.3. The van der Waals surface area contributed by atoms with Gasteiger partial charge < -0.3 is 25.2 Å². The first-order valence-corrected chi connectivity index (χ1v) is 14.2. The van der Waals surface area contributed by atoms with Crippen LogP contribution in [-0.2, 0) is 22.6 Å². The van der Waals surface area contributed by atoms with Crippen LogP contribution in [-0.4, -0.2) is 43.2 Å². The Balaban J connectivity index is 1.60. The van der Waals surface area contributed by atoms with Crippen molar-refractivity contribution in [3.8, 4) is 16.9 Å². The van der Waals surface area contributed by atoms with Gasteiger partial charge in [0.15, 0.2) is 0 Å². The van der Waals surface area contributed by atoms with Crippen LogP contribution >= 0.6 is 0 Å². The van der Waals surface area contributed by atoms with E-state index in [0.29, 0.717) is 18.7 Å². The molecule has 0 bridgehead atoms. The van der Waals surface area contributed by atoms with Crippen LogP contribution in [0.3, 0.4) is 0 Å². The molecule has 2 atom stereocenters. The summed E-state index contributed by atoms with van der Waals surface area (Å²) >= 11 is 0. The predicted octanol–water partition coefficient (Wildman–Crippen LogP) is 5.84. The number of unbranched alkanes of at least 4 members (excludes halogenated alkanes) is 1. The van der Waals surface area contributed by atoms with Gasteiger partial charge in [-0.25, -0.2) is 4.79 Å². The lowest BCUT2D eigenvalue weighted by Gasteiger charge is -2.20. The number of hydrogen-bond acceptors (Lipinski definition) is 5. The van der Waals surface area contributed by atoms with Crippen LogP contribution in [0.15, 0.2) is 60.7 Å². The number of aliphatic carboxylic acids is 1. The van der Waals surface area contributed by atoms with E-state index in [0.717, 1.165) is 65.9 Å². The number of carboxylic acid groups (broad SMARTS) is 1. The van der Waals surface area contributed by atoms with Gasteiger partial charge in [0.25, 0.3) is 5.91 Å². The van der Waals surface area contributed by atoms with Crippen molar-refractivity contribution in [3.63, 3.8) is 0 Å². The summed E-state index contributed by atoms with van der Waals surface area (Å²) in [6.45, 7) is 5.77. The minimum Gasteiger partial charge on any atom is -0.493 e. The van der Waals surface area contributed by atoms with Crippen molar-refractivity contribution in [2.75, 3.05) is 20.2 Å². The monoisotopic (exact) mass is 544 g/mol. The van der Waals surface area contributed by atoms with Crippen molar-refractivity contribution in [2.24, 2.45) is 0 Å². The quantitative estimate of drug-likeness (QED) is 0.236. The summed E-state index contributed by atoms with van der Waals surface area (Å²) in [5.74, 6) is -0.511. The number of benzene rings is 3. The van der Waals surface area contributed by atoms with Crippen molar-refractivity contribution in [1.29, 1.82) is 0 Å². The number of rotatable bonds is 14. The lowest BCUT2D eigenvalue weighted by atomic mass is 9.93. The van der Waals surface area contributed by atoms with Crippen molar-refractivity contribution >= 4 is 11.9 Å². The molecule has 1 amide bonds. The molecule has 3 aromatic carbocycles. The molecule has 3 aromatic rings. The van der Waals surface area contributed by atoms with Crippen LogP contribution in [0, 0.1) is 6.92 Å². The zero-order chi connectivity index (χ0) is 28.5. The summed E-state index contributed by atoms with van der Waals surface area (Å²) in [5.41, 5.74) is 6.45. The lowest BCUT2D eigenvalue weighted by Crippen LogP contribution is -2.42. The first-order valence-electron chi connectivity index (χ1n) is 14.2. The maximum atomic E-state index is 13.4. The molecule has 0 saturated carbocycles. The molecule has 3 N–H and O–H groups in total. The molecule has 7 heteroatoms. The number of carbonyl (C=O) groups excluding carboxylic acids is 1. The Hall–Kier alpha value is -3.68. The normalized spacial score (nSPS) is 13.8. The molecular formula is C33H40N2O5. The number of carboxylic acids is 1. The Morgan fingerprint density at radius 3 is 2.62 bits per heavy atom. The van der Waals surface area contributed by atoms with Crippen LogP contribution in [0.2, 0.25) is 0 Å². The van der Waals surface area contributed by atoms with Crippen LogP contribution < -0.4 is 15.4 Å². The number of carbonyl (C=O) groups is 2. The van der Waals surface area contributed by atoms with E-state index < -0.39 is 17.9 Å². The summed E-state index contributed by atoms with van der Waals surface area (Å²) in [7, 11) is 1.75. The third-order valence-corrected chi connectivity index (χ3v) is 7.41. The highest BCUT2D eigenvalue weighted by molar-refractivity contribution is 6.02.